The minimum Gasteiger partial charge on any atom is -0.356 e. The van der Waals surface area contributed by atoms with Crippen molar-refractivity contribution < 1.29 is 0 Å². The van der Waals surface area contributed by atoms with Gasteiger partial charge in [-0.15, -0.1) is 0 Å². The maximum Gasteiger partial charge on any atom is 0.229 e. The first-order chi connectivity index (χ1) is 9.72. The fraction of sp³-hybridized carbons (Fsp3) is 0.333. The van der Waals surface area contributed by atoms with Crippen molar-refractivity contribution >= 4 is 29.1 Å². The van der Waals surface area contributed by atoms with Gasteiger partial charge in [-0.3, -0.25) is 0 Å². The Balaban J connectivity index is 1.81. The highest BCUT2D eigenvalue weighted by Gasteiger charge is 2.14. The molecule has 0 radical (unpaired) electrons. The van der Waals surface area contributed by atoms with Crippen molar-refractivity contribution in [3.63, 3.8) is 0 Å². The minimum atomic E-state index is 0.625. The predicted octanol–water partition coefficient (Wildman–Crippen LogP) is 3.78. The average Bonchev–Trinajstić information content (AvgIpc) is 2.96. The van der Waals surface area contributed by atoms with Crippen LogP contribution in [0.15, 0.2) is 30.5 Å². The monoisotopic (exact) mass is 288 g/mol. The molecule has 1 fully saturated rings. The van der Waals surface area contributed by atoms with E-state index in [9.17, 15) is 0 Å². The Bertz CT molecular complexity index is 609. The molecule has 0 unspecified atom stereocenters. The molecule has 20 heavy (non-hydrogen) atoms. The third kappa shape index (κ3) is 2.85. The maximum atomic E-state index is 5.97. The molecule has 2 aromatic rings. The van der Waals surface area contributed by atoms with Crippen LogP contribution in [-0.2, 0) is 0 Å². The summed E-state index contributed by atoms with van der Waals surface area (Å²) in [5, 5.41) is 3.99. The normalized spacial score (nSPS) is 14.6. The van der Waals surface area contributed by atoms with Gasteiger partial charge >= 0.3 is 0 Å². The van der Waals surface area contributed by atoms with Gasteiger partial charge in [-0.2, -0.15) is 4.98 Å². The molecule has 1 aromatic carbocycles. The second kappa shape index (κ2) is 5.67. The van der Waals surface area contributed by atoms with Crippen molar-refractivity contribution in [2.24, 2.45) is 0 Å². The average molecular weight is 289 g/mol. The summed E-state index contributed by atoms with van der Waals surface area (Å²) in [6.45, 7) is 4.17. The van der Waals surface area contributed by atoms with Crippen molar-refractivity contribution in [2.75, 3.05) is 23.3 Å². The van der Waals surface area contributed by atoms with Crippen molar-refractivity contribution in [1.82, 2.24) is 9.97 Å². The molecular formula is C15H17ClN4. The Kier molecular flexibility index (Phi) is 3.74. The van der Waals surface area contributed by atoms with Crippen LogP contribution in [0.3, 0.4) is 0 Å². The zero-order valence-corrected chi connectivity index (χ0v) is 12.2. The minimum absolute atomic E-state index is 0.625. The summed E-state index contributed by atoms with van der Waals surface area (Å²) < 4.78 is 0. The second-order valence-electron chi connectivity index (χ2n) is 5.02. The van der Waals surface area contributed by atoms with E-state index in [2.05, 4.69) is 20.2 Å². The Morgan fingerprint density at radius 1 is 1.20 bits per heavy atom. The molecule has 0 saturated carbocycles. The molecule has 4 nitrogen and oxygen atoms in total. The Morgan fingerprint density at radius 3 is 2.75 bits per heavy atom. The van der Waals surface area contributed by atoms with E-state index in [1.807, 2.05) is 31.2 Å². The van der Waals surface area contributed by atoms with Gasteiger partial charge in [0.05, 0.1) is 0 Å². The Hall–Kier alpha value is -1.81. The predicted molar refractivity (Wildman–Crippen MR) is 83.0 cm³/mol. The number of aryl methyl sites for hydroxylation is 1. The van der Waals surface area contributed by atoms with Gasteiger partial charge in [0.2, 0.25) is 5.95 Å². The van der Waals surface area contributed by atoms with E-state index in [1.165, 1.54) is 12.8 Å². The SMILES string of the molecule is Cc1cc(Cl)ccc1Nc1nccc(N2CCCC2)n1. The highest BCUT2D eigenvalue weighted by atomic mass is 35.5. The zero-order chi connectivity index (χ0) is 13.9. The standard InChI is InChI=1S/C15H17ClN4/c1-11-10-12(16)4-5-13(11)18-15-17-7-6-14(19-15)20-8-2-3-9-20/h4-7,10H,2-3,8-9H2,1H3,(H,17,18,19). The molecule has 0 amide bonds. The summed E-state index contributed by atoms with van der Waals surface area (Å²) in [6.07, 6.45) is 4.28. The number of aromatic nitrogens is 2. The van der Waals surface area contributed by atoms with Crippen molar-refractivity contribution in [3.05, 3.63) is 41.0 Å². The lowest BCUT2D eigenvalue weighted by molar-refractivity contribution is 0.930. The lowest BCUT2D eigenvalue weighted by Crippen LogP contribution is -2.19. The van der Waals surface area contributed by atoms with E-state index in [4.69, 9.17) is 11.6 Å². The van der Waals surface area contributed by atoms with E-state index >= 15 is 0 Å². The summed E-state index contributed by atoms with van der Waals surface area (Å²) in [4.78, 5) is 11.2. The molecule has 0 spiro atoms. The maximum absolute atomic E-state index is 5.97. The fourth-order valence-electron chi connectivity index (χ4n) is 2.42. The van der Waals surface area contributed by atoms with Crippen molar-refractivity contribution in [1.29, 1.82) is 0 Å². The fourth-order valence-corrected chi connectivity index (χ4v) is 2.65. The van der Waals surface area contributed by atoms with Crippen LogP contribution < -0.4 is 10.2 Å². The molecule has 5 heteroatoms. The number of hydrogen-bond donors (Lipinski definition) is 1. The second-order valence-corrected chi connectivity index (χ2v) is 5.45. The van der Waals surface area contributed by atoms with Crippen molar-refractivity contribution in [2.45, 2.75) is 19.8 Å². The molecule has 1 aliphatic heterocycles. The Labute approximate surface area is 123 Å². The summed E-state index contributed by atoms with van der Waals surface area (Å²) >= 11 is 5.97. The van der Waals surface area contributed by atoms with Crippen LogP contribution in [0.1, 0.15) is 18.4 Å². The van der Waals surface area contributed by atoms with Crippen LogP contribution >= 0.6 is 11.6 Å². The number of benzene rings is 1. The summed E-state index contributed by atoms with van der Waals surface area (Å²) in [6, 6.07) is 7.70. The zero-order valence-electron chi connectivity index (χ0n) is 11.4. The highest BCUT2D eigenvalue weighted by Crippen LogP contribution is 2.23. The van der Waals surface area contributed by atoms with Crippen LogP contribution in [0, 0.1) is 6.92 Å². The topological polar surface area (TPSA) is 41.1 Å². The van der Waals surface area contributed by atoms with Crippen LogP contribution in [-0.4, -0.2) is 23.1 Å². The number of halogens is 1. The summed E-state index contributed by atoms with van der Waals surface area (Å²) in [7, 11) is 0. The quantitative estimate of drug-likeness (QED) is 0.933. The van der Waals surface area contributed by atoms with E-state index in [-0.39, 0.29) is 0 Å². The first-order valence-electron chi connectivity index (χ1n) is 6.83. The molecule has 104 valence electrons. The Morgan fingerprint density at radius 2 is 2.00 bits per heavy atom. The first-order valence-corrected chi connectivity index (χ1v) is 7.21. The van der Waals surface area contributed by atoms with Gasteiger partial charge in [-0.25, -0.2) is 4.98 Å². The van der Waals surface area contributed by atoms with Gasteiger partial charge in [-0.1, -0.05) is 11.6 Å². The summed E-state index contributed by atoms with van der Waals surface area (Å²) in [5.41, 5.74) is 2.06. The van der Waals surface area contributed by atoms with Crippen molar-refractivity contribution in [3.8, 4) is 0 Å². The van der Waals surface area contributed by atoms with Crippen LogP contribution in [0.5, 0.6) is 0 Å². The van der Waals surface area contributed by atoms with E-state index in [0.29, 0.717) is 5.95 Å². The van der Waals surface area contributed by atoms with Crippen LogP contribution in [0.2, 0.25) is 5.02 Å². The number of anilines is 3. The third-order valence-corrected chi connectivity index (χ3v) is 3.74. The van der Waals surface area contributed by atoms with Gasteiger partial charge in [0.15, 0.2) is 0 Å². The molecule has 3 rings (SSSR count). The summed E-state index contributed by atoms with van der Waals surface area (Å²) in [5.74, 6) is 1.62. The number of nitrogens with one attached hydrogen (secondary N) is 1. The van der Waals surface area contributed by atoms with Gasteiger partial charge < -0.3 is 10.2 Å². The number of rotatable bonds is 3. The number of nitrogens with zero attached hydrogens (tertiary/aromatic N) is 3. The highest BCUT2D eigenvalue weighted by molar-refractivity contribution is 6.30. The molecule has 0 bridgehead atoms. The van der Waals surface area contributed by atoms with Gasteiger partial charge in [0.1, 0.15) is 5.82 Å². The van der Waals surface area contributed by atoms with Gasteiger partial charge in [0, 0.05) is 30.0 Å². The molecule has 0 aliphatic carbocycles. The molecule has 1 aliphatic rings. The van der Waals surface area contributed by atoms with Gasteiger partial charge in [-0.05, 0) is 49.6 Å². The smallest absolute Gasteiger partial charge is 0.229 e. The van der Waals surface area contributed by atoms with E-state index < -0.39 is 0 Å². The molecule has 1 aromatic heterocycles. The van der Waals surface area contributed by atoms with E-state index in [0.717, 1.165) is 35.2 Å². The van der Waals surface area contributed by atoms with Crippen LogP contribution in [0.4, 0.5) is 17.5 Å². The molecule has 1 N–H and O–H groups in total. The molecule has 1 saturated heterocycles. The lowest BCUT2D eigenvalue weighted by Gasteiger charge is -2.17. The molecular weight excluding hydrogens is 272 g/mol. The number of hydrogen-bond acceptors (Lipinski definition) is 4. The molecule has 0 atom stereocenters. The largest absolute Gasteiger partial charge is 0.356 e. The lowest BCUT2D eigenvalue weighted by atomic mass is 10.2. The first kappa shape index (κ1) is 13.2. The van der Waals surface area contributed by atoms with E-state index in [1.54, 1.807) is 6.20 Å². The third-order valence-electron chi connectivity index (χ3n) is 3.51. The van der Waals surface area contributed by atoms with Gasteiger partial charge in [0.25, 0.3) is 0 Å². The molecule has 2 heterocycles. The van der Waals surface area contributed by atoms with Crippen LogP contribution in [0.25, 0.3) is 0 Å².